The van der Waals surface area contributed by atoms with Crippen LogP contribution in [0.15, 0.2) is 107 Å². The van der Waals surface area contributed by atoms with Crippen molar-refractivity contribution in [2.75, 3.05) is 0 Å². The highest BCUT2D eigenvalue weighted by atomic mass is 32.2. The number of hydrogen-bond donors (Lipinski definition) is 0. The molecule has 1 aromatic heterocycles. The van der Waals surface area contributed by atoms with Crippen LogP contribution in [0.25, 0.3) is 0 Å². The van der Waals surface area contributed by atoms with Gasteiger partial charge in [0.05, 0.1) is 16.1 Å². The number of nitrogens with zero attached hydrogens (tertiary/aromatic N) is 2. The first-order valence-corrected chi connectivity index (χ1v) is 12.0. The summed E-state index contributed by atoms with van der Waals surface area (Å²) in [5.74, 6) is 0. The quantitative estimate of drug-likeness (QED) is 0.448. The third-order valence-electron chi connectivity index (χ3n) is 6.36. The summed E-state index contributed by atoms with van der Waals surface area (Å²) >= 11 is 0. The summed E-state index contributed by atoms with van der Waals surface area (Å²) in [6.45, 7) is 0.773. The number of rotatable bonds is 5. The van der Waals surface area contributed by atoms with Crippen molar-refractivity contribution in [3.05, 3.63) is 114 Å². The third-order valence-corrected chi connectivity index (χ3v) is 8.15. The molecule has 1 unspecified atom stereocenters. The van der Waals surface area contributed by atoms with Crippen molar-refractivity contribution in [1.29, 1.82) is 0 Å². The zero-order valence-corrected chi connectivity index (χ0v) is 18.0. The van der Waals surface area contributed by atoms with Gasteiger partial charge in [-0.05, 0) is 60.2 Å². The largest absolute Gasteiger partial charge is 0.336 e. The summed E-state index contributed by atoms with van der Waals surface area (Å²) in [6.07, 6.45) is 8.82. The van der Waals surface area contributed by atoms with Gasteiger partial charge in [-0.25, -0.2) is 13.4 Å². The Morgan fingerprint density at radius 2 is 1.58 bits per heavy atom. The molecule has 0 amide bonds. The van der Waals surface area contributed by atoms with Gasteiger partial charge in [-0.3, -0.25) is 0 Å². The zero-order chi connectivity index (χ0) is 21.3. The normalized spacial score (nSPS) is 18.5. The molecule has 4 nitrogen and oxygen atoms in total. The van der Waals surface area contributed by atoms with Gasteiger partial charge in [-0.1, -0.05) is 54.6 Å². The third kappa shape index (κ3) is 3.49. The van der Waals surface area contributed by atoms with Crippen LogP contribution in [0, 0.1) is 0 Å². The second kappa shape index (κ2) is 7.82. The number of fused-ring (bicyclic) bond motifs is 1. The molecule has 156 valence electrons. The Labute approximate surface area is 183 Å². The van der Waals surface area contributed by atoms with Gasteiger partial charge in [-0.15, -0.1) is 0 Å². The van der Waals surface area contributed by atoms with E-state index in [1.165, 1.54) is 11.1 Å². The first-order valence-electron chi connectivity index (χ1n) is 10.5. The lowest BCUT2D eigenvalue weighted by atomic mass is 9.66. The number of sulfone groups is 1. The molecule has 3 aromatic carbocycles. The predicted octanol–water partition coefficient (Wildman–Crippen LogP) is 5.04. The van der Waals surface area contributed by atoms with E-state index in [1.54, 1.807) is 42.6 Å². The van der Waals surface area contributed by atoms with Crippen LogP contribution in [0.1, 0.15) is 29.5 Å². The Morgan fingerprint density at radius 3 is 2.32 bits per heavy atom. The van der Waals surface area contributed by atoms with Crippen LogP contribution < -0.4 is 0 Å². The SMILES string of the molecule is O=S(=O)(c1ccccc1)c1ccc(C2(Cn3ccnc3)CCCc3ccccc32)cc1. The van der Waals surface area contributed by atoms with E-state index in [1.807, 2.05) is 30.7 Å². The topological polar surface area (TPSA) is 52.0 Å². The standard InChI is InChI=1S/C26H24N2O2S/c29-31(30,23-9-2-1-3-10-23)24-14-12-22(13-15-24)26(19-28-18-17-27-20-28)16-6-8-21-7-4-5-11-25(21)26/h1-5,7,9-15,17-18,20H,6,8,16,19H2. The predicted molar refractivity (Wildman–Crippen MR) is 121 cm³/mol. The minimum Gasteiger partial charge on any atom is -0.336 e. The van der Waals surface area contributed by atoms with Gasteiger partial charge in [0, 0.05) is 24.4 Å². The highest BCUT2D eigenvalue weighted by molar-refractivity contribution is 7.91. The molecule has 31 heavy (non-hydrogen) atoms. The van der Waals surface area contributed by atoms with Crippen molar-refractivity contribution < 1.29 is 8.42 Å². The number of imidazole rings is 1. The molecule has 1 aliphatic carbocycles. The maximum atomic E-state index is 13.0. The number of aromatic nitrogens is 2. The summed E-state index contributed by atoms with van der Waals surface area (Å²) < 4.78 is 28.2. The van der Waals surface area contributed by atoms with E-state index in [9.17, 15) is 8.42 Å². The maximum Gasteiger partial charge on any atom is 0.206 e. The van der Waals surface area contributed by atoms with Gasteiger partial charge >= 0.3 is 0 Å². The van der Waals surface area contributed by atoms with Crippen LogP contribution in [0.5, 0.6) is 0 Å². The van der Waals surface area contributed by atoms with E-state index in [-0.39, 0.29) is 5.41 Å². The molecule has 0 N–H and O–H groups in total. The van der Waals surface area contributed by atoms with Gasteiger partial charge in [0.2, 0.25) is 9.84 Å². The van der Waals surface area contributed by atoms with E-state index in [0.717, 1.165) is 31.4 Å². The van der Waals surface area contributed by atoms with Crippen molar-refractivity contribution in [3.8, 4) is 0 Å². The van der Waals surface area contributed by atoms with Crippen LogP contribution in [0.2, 0.25) is 0 Å². The molecule has 0 spiro atoms. The average molecular weight is 429 g/mol. The second-order valence-corrected chi connectivity index (χ2v) is 10.1. The Bertz CT molecular complexity index is 1280. The van der Waals surface area contributed by atoms with Crippen molar-refractivity contribution in [3.63, 3.8) is 0 Å². The number of aryl methyl sites for hydroxylation is 1. The molecule has 4 aromatic rings. The Kier molecular flexibility index (Phi) is 4.98. The summed E-state index contributed by atoms with van der Waals surface area (Å²) in [5.41, 5.74) is 3.62. The molecule has 5 rings (SSSR count). The van der Waals surface area contributed by atoms with Crippen molar-refractivity contribution >= 4 is 9.84 Å². The molecule has 0 saturated heterocycles. The lowest BCUT2D eigenvalue weighted by molar-refractivity contribution is 0.369. The van der Waals surface area contributed by atoms with Gasteiger partial charge in [0.1, 0.15) is 0 Å². The van der Waals surface area contributed by atoms with Gasteiger partial charge in [-0.2, -0.15) is 0 Å². The van der Waals surface area contributed by atoms with E-state index in [4.69, 9.17) is 0 Å². The van der Waals surface area contributed by atoms with Crippen LogP contribution in [0.3, 0.4) is 0 Å². The molecule has 0 saturated carbocycles. The summed E-state index contributed by atoms with van der Waals surface area (Å²) in [7, 11) is -3.53. The fourth-order valence-corrected chi connectivity index (χ4v) is 6.14. The van der Waals surface area contributed by atoms with Gasteiger partial charge < -0.3 is 4.57 Å². The number of hydrogen-bond acceptors (Lipinski definition) is 3. The van der Waals surface area contributed by atoms with Crippen LogP contribution in [-0.2, 0) is 28.2 Å². The van der Waals surface area contributed by atoms with E-state index >= 15 is 0 Å². The Morgan fingerprint density at radius 1 is 0.871 bits per heavy atom. The van der Waals surface area contributed by atoms with Crippen molar-refractivity contribution in [2.24, 2.45) is 0 Å². The molecular weight excluding hydrogens is 404 g/mol. The van der Waals surface area contributed by atoms with E-state index < -0.39 is 9.84 Å². The smallest absolute Gasteiger partial charge is 0.206 e. The first-order chi connectivity index (χ1) is 15.1. The molecule has 1 aliphatic rings. The summed E-state index contributed by atoms with van der Waals surface area (Å²) in [5, 5.41) is 0. The molecular formula is C26H24N2O2S. The lowest BCUT2D eigenvalue weighted by Crippen LogP contribution is -2.36. The van der Waals surface area contributed by atoms with Crippen LogP contribution in [0.4, 0.5) is 0 Å². The zero-order valence-electron chi connectivity index (χ0n) is 17.2. The monoisotopic (exact) mass is 428 g/mol. The van der Waals surface area contributed by atoms with Crippen LogP contribution >= 0.6 is 0 Å². The van der Waals surface area contributed by atoms with E-state index in [0.29, 0.717) is 9.79 Å². The highest BCUT2D eigenvalue weighted by Crippen LogP contribution is 2.44. The number of benzene rings is 3. The second-order valence-electron chi connectivity index (χ2n) is 8.17. The average Bonchev–Trinajstić information content (AvgIpc) is 3.33. The first kappa shape index (κ1) is 19.8. The van der Waals surface area contributed by atoms with E-state index in [2.05, 4.69) is 33.8 Å². The van der Waals surface area contributed by atoms with Crippen molar-refractivity contribution in [2.45, 2.75) is 41.0 Å². The summed E-state index contributed by atoms with van der Waals surface area (Å²) in [6, 6.07) is 24.7. The minimum atomic E-state index is -3.53. The molecule has 0 aliphatic heterocycles. The molecule has 5 heteroatoms. The fraction of sp³-hybridized carbons (Fsp3) is 0.192. The van der Waals surface area contributed by atoms with Crippen molar-refractivity contribution in [1.82, 2.24) is 9.55 Å². The Hall–Kier alpha value is -3.18. The summed E-state index contributed by atoms with van der Waals surface area (Å²) in [4.78, 5) is 4.87. The molecule has 0 fully saturated rings. The molecule has 1 heterocycles. The van der Waals surface area contributed by atoms with Gasteiger partial charge in [0.15, 0.2) is 0 Å². The molecule has 0 radical (unpaired) electrons. The van der Waals surface area contributed by atoms with Crippen LogP contribution in [-0.4, -0.2) is 18.0 Å². The minimum absolute atomic E-state index is 0.218. The maximum absolute atomic E-state index is 13.0. The lowest BCUT2D eigenvalue weighted by Gasteiger charge is -2.40. The van der Waals surface area contributed by atoms with Gasteiger partial charge in [0.25, 0.3) is 0 Å². The fourth-order valence-electron chi connectivity index (χ4n) is 4.86. The molecule has 0 bridgehead atoms. The molecule has 1 atom stereocenters. The Balaban J connectivity index is 1.61. The highest BCUT2D eigenvalue weighted by Gasteiger charge is 2.38.